The minimum atomic E-state index is -0.426. The van der Waals surface area contributed by atoms with Gasteiger partial charge in [0.15, 0.2) is 0 Å². The highest BCUT2D eigenvalue weighted by Gasteiger charge is 2.30. The molecule has 63 heavy (non-hydrogen) atoms. The van der Waals surface area contributed by atoms with Gasteiger partial charge in [-0.3, -0.25) is 9.55 Å². The van der Waals surface area contributed by atoms with Crippen molar-refractivity contribution in [2.45, 2.75) is 111 Å². The Hall–Kier alpha value is -6.26. The maximum absolute atomic E-state index is 12.6. The first-order valence-electron chi connectivity index (χ1n) is 24.8. The van der Waals surface area contributed by atoms with E-state index in [0.717, 1.165) is 74.1 Å². The average Bonchev–Trinajstić information content (AvgIpc) is 3.69. The van der Waals surface area contributed by atoms with E-state index in [2.05, 4.69) is 172 Å². The molecule has 6 aromatic carbocycles. The second-order valence-corrected chi connectivity index (χ2v) is 20.0. The quantitative estimate of drug-likeness (QED) is 0.158. The highest BCUT2D eigenvalue weighted by molar-refractivity contribution is 5.98. The molecule has 2 aromatic heterocycles. The summed E-state index contributed by atoms with van der Waals surface area (Å²) in [5.74, 6) is 1.08. The molecule has 320 valence electrons. The van der Waals surface area contributed by atoms with Crippen LogP contribution in [0.3, 0.4) is 0 Å². The van der Waals surface area contributed by atoms with E-state index in [-0.39, 0.29) is 57.6 Å². The third kappa shape index (κ3) is 8.61. The predicted molar refractivity (Wildman–Crippen MR) is 267 cm³/mol. The highest BCUT2D eigenvalue weighted by atomic mass is 16.3. The van der Waals surface area contributed by atoms with Gasteiger partial charge in [-0.15, -0.1) is 0 Å². The van der Waals surface area contributed by atoms with Crippen molar-refractivity contribution in [2.24, 2.45) is 0 Å². The van der Waals surface area contributed by atoms with Crippen molar-refractivity contribution >= 4 is 11.0 Å². The SMILES string of the molecule is [2H]c1c([2H])c([2H])c(-c2ccnc(-c3cc(-c4cccc5c4nc(-c4cc(C(C)(C)C)cc(C(C)(C)C)c4O)n5-c4ccc(C(C)(C)C)cc4-c4ccccc4)cc(C(CC)CC)c3)c2)c([2H])c1[2H]. The van der Waals surface area contributed by atoms with Crippen molar-refractivity contribution in [3.63, 3.8) is 0 Å². The monoisotopic (exact) mass is 835 g/mol. The van der Waals surface area contributed by atoms with E-state index in [0.29, 0.717) is 22.6 Å². The largest absolute Gasteiger partial charge is 0.507 e. The number of phenols is 1. The summed E-state index contributed by atoms with van der Waals surface area (Å²) in [4.78, 5) is 10.5. The number of benzene rings is 6. The maximum atomic E-state index is 12.6. The van der Waals surface area contributed by atoms with Crippen molar-refractivity contribution in [2.75, 3.05) is 0 Å². The summed E-state index contributed by atoms with van der Waals surface area (Å²) < 4.78 is 44.6. The molecule has 0 aliphatic carbocycles. The van der Waals surface area contributed by atoms with E-state index in [1.54, 1.807) is 12.3 Å². The van der Waals surface area contributed by atoms with Crippen molar-refractivity contribution < 1.29 is 12.0 Å². The van der Waals surface area contributed by atoms with Gasteiger partial charge >= 0.3 is 0 Å². The van der Waals surface area contributed by atoms with Gasteiger partial charge in [0.2, 0.25) is 0 Å². The third-order valence-electron chi connectivity index (χ3n) is 12.5. The number of hydrogen-bond donors (Lipinski definition) is 1. The van der Waals surface area contributed by atoms with Crippen LogP contribution in [0.15, 0.2) is 146 Å². The average molecular weight is 835 g/mol. The number of imidazole rings is 1. The van der Waals surface area contributed by atoms with Gasteiger partial charge in [-0.25, -0.2) is 4.98 Å². The molecule has 0 aliphatic heterocycles. The number of hydrogen-bond acceptors (Lipinski definition) is 3. The third-order valence-corrected chi connectivity index (χ3v) is 12.5. The molecule has 8 rings (SSSR count). The molecule has 1 N–H and O–H groups in total. The Morgan fingerprint density at radius 3 is 1.94 bits per heavy atom. The fourth-order valence-electron chi connectivity index (χ4n) is 8.70. The minimum Gasteiger partial charge on any atom is -0.507 e. The molecule has 0 aliphatic rings. The molecule has 0 amide bonds. The number of pyridine rings is 1. The lowest BCUT2D eigenvalue weighted by Crippen LogP contribution is -2.17. The molecule has 4 nitrogen and oxygen atoms in total. The van der Waals surface area contributed by atoms with Gasteiger partial charge in [0.05, 0.1) is 34.8 Å². The van der Waals surface area contributed by atoms with E-state index in [9.17, 15) is 5.11 Å². The molecule has 0 spiro atoms. The molecule has 4 heteroatoms. The summed E-state index contributed by atoms with van der Waals surface area (Å²) in [5, 5.41) is 12.6. The summed E-state index contributed by atoms with van der Waals surface area (Å²) in [7, 11) is 0. The zero-order valence-electron chi connectivity index (χ0n) is 43.8. The molecule has 8 aromatic rings. The number of nitrogens with zero attached hydrogens (tertiary/aromatic N) is 3. The first kappa shape index (κ1) is 37.3. The van der Waals surface area contributed by atoms with Gasteiger partial charge in [0.1, 0.15) is 11.6 Å². The summed E-state index contributed by atoms with van der Waals surface area (Å²) in [6.07, 6.45) is 3.48. The topological polar surface area (TPSA) is 50.9 Å². The molecule has 0 radical (unpaired) electrons. The number of rotatable bonds is 9. The molecule has 0 saturated carbocycles. The van der Waals surface area contributed by atoms with Crippen LogP contribution in [0, 0.1) is 0 Å². The minimum absolute atomic E-state index is 0.114. The van der Waals surface area contributed by atoms with E-state index in [4.69, 9.17) is 16.8 Å². The Morgan fingerprint density at radius 2 is 1.27 bits per heavy atom. The number of fused-ring (bicyclic) bond motifs is 1. The fourth-order valence-corrected chi connectivity index (χ4v) is 8.70. The second-order valence-electron chi connectivity index (χ2n) is 20.0. The Morgan fingerprint density at radius 1 is 0.587 bits per heavy atom. The Kier molecular flexibility index (Phi) is 9.94. The molecular formula is C59H63N3O. The standard InChI is InChI=1S/C59H63N3O/c1-12-38(13-2)42-31-43(33-44(32-42)51-34-41(29-30-60-51)39-21-16-14-17-22-39)47-25-20-26-53-54(47)61-56(49-36-46(58(6,7)8)37-50(55(49)63)59(9,10)11)62(53)52-28-27-45(57(3,4)5)35-48(52)40-23-18-15-19-24-40/h14-38,63H,12-13H2,1-11H3/i14D,16D,17D,21D,22D. The Balaban J connectivity index is 1.46. The first-order chi connectivity index (χ1) is 32.0. The molecule has 0 bridgehead atoms. The van der Waals surface area contributed by atoms with Crippen molar-refractivity contribution in [3.8, 4) is 67.5 Å². The lowest BCUT2D eigenvalue weighted by Gasteiger charge is -2.28. The van der Waals surface area contributed by atoms with Crippen LogP contribution < -0.4 is 0 Å². The maximum Gasteiger partial charge on any atom is 0.149 e. The second kappa shape index (κ2) is 16.8. The van der Waals surface area contributed by atoms with Crippen LogP contribution in [-0.4, -0.2) is 19.6 Å². The number of aromatic nitrogens is 3. The zero-order valence-corrected chi connectivity index (χ0v) is 38.8. The summed E-state index contributed by atoms with van der Waals surface area (Å²) in [5.41, 5.74) is 12.9. The zero-order chi connectivity index (χ0) is 49.2. The van der Waals surface area contributed by atoms with Crippen LogP contribution in [0.1, 0.15) is 124 Å². The van der Waals surface area contributed by atoms with Crippen LogP contribution in [0.2, 0.25) is 0 Å². The molecule has 0 unspecified atom stereocenters. The summed E-state index contributed by atoms with van der Waals surface area (Å²) in [6.45, 7) is 24.1. The number of aromatic hydroxyl groups is 1. The van der Waals surface area contributed by atoms with E-state index >= 15 is 0 Å². The molecule has 0 atom stereocenters. The van der Waals surface area contributed by atoms with E-state index < -0.39 is 6.04 Å². The van der Waals surface area contributed by atoms with Crippen LogP contribution in [0.5, 0.6) is 5.75 Å². The van der Waals surface area contributed by atoms with Crippen LogP contribution in [-0.2, 0) is 16.2 Å². The smallest absolute Gasteiger partial charge is 0.149 e. The van der Waals surface area contributed by atoms with Gasteiger partial charge in [-0.05, 0) is 122 Å². The van der Waals surface area contributed by atoms with Gasteiger partial charge in [-0.2, -0.15) is 0 Å². The van der Waals surface area contributed by atoms with E-state index in [1.165, 1.54) is 5.56 Å². The fraction of sp³-hybridized carbons (Fsp3) is 0.288. The first-order valence-corrected chi connectivity index (χ1v) is 22.3. The Labute approximate surface area is 382 Å². The lowest BCUT2D eigenvalue weighted by atomic mass is 9.79. The van der Waals surface area contributed by atoms with Gasteiger partial charge in [0, 0.05) is 28.5 Å². The normalized spacial score (nSPS) is 13.5. The van der Waals surface area contributed by atoms with Gasteiger partial charge in [-0.1, -0.05) is 167 Å². The molecule has 2 heterocycles. The Bertz CT molecular complexity index is 3190. The van der Waals surface area contributed by atoms with Crippen molar-refractivity contribution in [1.82, 2.24) is 14.5 Å². The van der Waals surface area contributed by atoms with Crippen molar-refractivity contribution in [3.05, 3.63) is 168 Å². The molecular weight excluding hydrogens is 767 g/mol. The summed E-state index contributed by atoms with van der Waals surface area (Å²) >= 11 is 0. The molecule has 0 fully saturated rings. The molecule has 0 saturated heterocycles. The highest BCUT2D eigenvalue weighted by Crippen LogP contribution is 2.46. The lowest BCUT2D eigenvalue weighted by molar-refractivity contribution is 0.446. The van der Waals surface area contributed by atoms with Crippen LogP contribution in [0.25, 0.3) is 72.7 Å². The van der Waals surface area contributed by atoms with E-state index in [1.807, 2.05) is 12.1 Å². The summed E-state index contributed by atoms with van der Waals surface area (Å²) in [6, 6.07) is 36.2. The number of phenolic OH excluding ortho intramolecular Hbond substituents is 1. The number of para-hydroxylation sites is 1. The van der Waals surface area contributed by atoms with Crippen LogP contribution >= 0.6 is 0 Å². The van der Waals surface area contributed by atoms with Crippen LogP contribution in [0.4, 0.5) is 0 Å². The van der Waals surface area contributed by atoms with Gasteiger partial charge < -0.3 is 5.11 Å². The van der Waals surface area contributed by atoms with Crippen molar-refractivity contribution in [1.29, 1.82) is 0 Å². The van der Waals surface area contributed by atoms with Gasteiger partial charge in [0.25, 0.3) is 0 Å². The predicted octanol–water partition coefficient (Wildman–Crippen LogP) is 16.3.